The smallest absolute Gasteiger partial charge is 0.0576 e. The number of aromatic nitrogens is 1. The fraction of sp³-hybridized carbons (Fsp3) is 0.455. The Morgan fingerprint density at radius 3 is 3.15 bits per heavy atom. The van der Waals surface area contributed by atoms with E-state index in [2.05, 4.69) is 41.2 Å². The molecular weight excluding hydrogens is 160 g/mol. The van der Waals surface area contributed by atoms with Crippen molar-refractivity contribution in [1.82, 2.24) is 9.88 Å². The van der Waals surface area contributed by atoms with Crippen molar-refractivity contribution in [3.63, 3.8) is 0 Å². The first-order chi connectivity index (χ1) is 6.36. The van der Waals surface area contributed by atoms with E-state index in [-0.39, 0.29) is 0 Å². The first kappa shape index (κ1) is 9.88. The average molecular weight is 176 g/mol. The summed E-state index contributed by atoms with van der Waals surface area (Å²) in [6, 6.07) is 2.12. The molecular formula is C11H16N2. The maximum Gasteiger partial charge on any atom is 0.0576 e. The topological polar surface area (TPSA) is 17.0 Å². The minimum atomic E-state index is 0.638. The monoisotopic (exact) mass is 176 g/mol. The maximum absolute atomic E-state index is 5.13. The van der Waals surface area contributed by atoms with Crippen LogP contribution in [0.4, 0.5) is 0 Å². The quantitative estimate of drug-likeness (QED) is 0.533. The molecule has 0 amide bonds. The van der Waals surface area contributed by atoms with Crippen LogP contribution in [0, 0.1) is 12.3 Å². The molecule has 1 rings (SSSR count). The van der Waals surface area contributed by atoms with Gasteiger partial charge in [0.25, 0.3) is 0 Å². The third kappa shape index (κ3) is 3.35. The minimum Gasteiger partial charge on any atom is -0.354 e. The molecule has 0 atom stereocenters. The lowest BCUT2D eigenvalue weighted by molar-refractivity contribution is 0.678. The van der Waals surface area contributed by atoms with Gasteiger partial charge in [0.15, 0.2) is 0 Å². The zero-order valence-electron chi connectivity index (χ0n) is 8.09. The molecule has 0 spiro atoms. The van der Waals surface area contributed by atoms with E-state index >= 15 is 0 Å². The van der Waals surface area contributed by atoms with Gasteiger partial charge in [-0.1, -0.05) is 12.8 Å². The Kier molecular flexibility index (Phi) is 4.14. The van der Waals surface area contributed by atoms with E-state index in [1.807, 2.05) is 0 Å². The van der Waals surface area contributed by atoms with Crippen LogP contribution in [0.2, 0.25) is 0 Å². The van der Waals surface area contributed by atoms with Crippen LogP contribution in [0.25, 0.3) is 0 Å². The van der Waals surface area contributed by atoms with Gasteiger partial charge in [0.1, 0.15) is 0 Å². The molecule has 1 aromatic heterocycles. The van der Waals surface area contributed by atoms with Crippen molar-refractivity contribution in [2.75, 3.05) is 6.54 Å². The second-order valence-electron chi connectivity index (χ2n) is 3.07. The summed E-state index contributed by atoms with van der Waals surface area (Å²) in [6.07, 6.45) is 10.6. The van der Waals surface area contributed by atoms with Gasteiger partial charge in [-0.2, -0.15) is 0 Å². The lowest BCUT2D eigenvalue weighted by atomic mass is 10.3. The van der Waals surface area contributed by atoms with Crippen molar-refractivity contribution in [2.45, 2.75) is 26.4 Å². The zero-order chi connectivity index (χ0) is 9.52. The highest BCUT2D eigenvalue weighted by molar-refractivity contribution is 5.10. The van der Waals surface area contributed by atoms with Crippen molar-refractivity contribution in [2.24, 2.45) is 0 Å². The van der Waals surface area contributed by atoms with Gasteiger partial charge in [-0.05, 0) is 18.1 Å². The van der Waals surface area contributed by atoms with Gasteiger partial charge < -0.3 is 9.88 Å². The van der Waals surface area contributed by atoms with Crippen LogP contribution >= 0.6 is 0 Å². The molecule has 0 fully saturated rings. The van der Waals surface area contributed by atoms with Crippen LogP contribution in [0.1, 0.15) is 18.9 Å². The van der Waals surface area contributed by atoms with Gasteiger partial charge in [0, 0.05) is 25.5 Å². The van der Waals surface area contributed by atoms with Crippen molar-refractivity contribution >= 4 is 0 Å². The second kappa shape index (κ2) is 5.45. The lowest BCUT2D eigenvalue weighted by Gasteiger charge is -1.98. The predicted octanol–water partition coefficient (Wildman–Crippen LogP) is 1.62. The lowest BCUT2D eigenvalue weighted by Crippen LogP contribution is -2.12. The molecule has 0 radical (unpaired) electrons. The first-order valence-electron chi connectivity index (χ1n) is 4.65. The van der Waals surface area contributed by atoms with E-state index in [9.17, 15) is 0 Å². The van der Waals surface area contributed by atoms with E-state index in [0.717, 1.165) is 13.1 Å². The molecule has 2 nitrogen and oxygen atoms in total. The van der Waals surface area contributed by atoms with Crippen LogP contribution in [-0.4, -0.2) is 11.1 Å². The summed E-state index contributed by atoms with van der Waals surface area (Å²) < 4.78 is 2.20. The third-order valence-corrected chi connectivity index (χ3v) is 1.85. The fourth-order valence-electron chi connectivity index (χ4n) is 1.27. The van der Waals surface area contributed by atoms with Gasteiger partial charge in [-0.3, -0.25) is 0 Å². The van der Waals surface area contributed by atoms with Crippen LogP contribution in [-0.2, 0) is 13.1 Å². The number of rotatable bonds is 5. The summed E-state index contributed by atoms with van der Waals surface area (Å²) in [6.45, 7) is 4.77. The van der Waals surface area contributed by atoms with Crippen molar-refractivity contribution in [3.8, 4) is 12.3 Å². The van der Waals surface area contributed by atoms with Crippen LogP contribution in [0.3, 0.4) is 0 Å². The molecule has 0 aliphatic carbocycles. The van der Waals surface area contributed by atoms with Gasteiger partial charge in [0.2, 0.25) is 0 Å². The van der Waals surface area contributed by atoms with Crippen LogP contribution in [0.5, 0.6) is 0 Å². The summed E-state index contributed by atoms with van der Waals surface area (Å²) >= 11 is 0. The first-order valence-corrected chi connectivity index (χ1v) is 4.65. The SMILES string of the molecule is C#CCNCc1ccn(CCC)c1. The van der Waals surface area contributed by atoms with Crippen LogP contribution < -0.4 is 5.32 Å². The standard InChI is InChI=1S/C11H16N2/c1-3-6-12-9-11-5-8-13(10-11)7-4-2/h1,5,8,10,12H,4,6-7,9H2,2H3. The molecule has 1 aromatic rings. The molecule has 0 unspecified atom stereocenters. The molecule has 13 heavy (non-hydrogen) atoms. The summed E-state index contributed by atoms with van der Waals surface area (Å²) in [4.78, 5) is 0. The highest BCUT2D eigenvalue weighted by Gasteiger charge is 1.94. The Morgan fingerprint density at radius 2 is 2.46 bits per heavy atom. The Balaban J connectivity index is 2.36. The Hall–Kier alpha value is -1.20. The fourth-order valence-corrected chi connectivity index (χ4v) is 1.27. The van der Waals surface area contributed by atoms with E-state index < -0.39 is 0 Å². The van der Waals surface area contributed by atoms with Crippen molar-refractivity contribution in [3.05, 3.63) is 24.0 Å². The van der Waals surface area contributed by atoms with Crippen molar-refractivity contribution < 1.29 is 0 Å². The van der Waals surface area contributed by atoms with Gasteiger partial charge in [-0.15, -0.1) is 6.42 Å². The van der Waals surface area contributed by atoms with Crippen LogP contribution in [0.15, 0.2) is 18.5 Å². The van der Waals surface area contributed by atoms with Gasteiger partial charge in [0.05, 0.1) is 6.54 Å². The summed E-state index contributed by atoms with van der Waals surface area (Å²) in [5.74, 6) is 2.55. The number of nitrogens with one attached hydrogen (secondary N) is 1. The minimum absolute atomic E-state index is 0.638. The Morgan fingerprint density at radius 1 is 1.62 bits per heavy atom. The molecule has 0 aliphatic heterocycles. The molecule has 0 aromatic carbocycles. The highest BCUT2D eigenvalue weighted by atomic mass is 14.9. The van der Waals surface area contributed by atoms with Gasteiger partial charge in [-0.25, -0.2) is 0 Å². The second-order valence-corrected chi connectivity index (χ2v) is 3.07. The molecule has 0 aliphatic rings. The maximum atomic E-state index is 5.13. The number of nitrogens with zero attached hydrogens (tertiary/aromatic N) is 1. The molecule has 0 saturated heterocycles. The number of hydrogen-bond acceptors (Lipinski definition) is 1. The van der Waals surface area contributed by atoms with E-state index in [1.165, 1.54) is 12.0 Å². The van der Waals surface area contributed by atoms with Crippen molar-refractivity contribution in [1.29, 1.82) is 0 Å². The van der Waals surface area contributed by atoms with E-state index in [0.29, 0.717) is 6.54 Å². The number of aryl methyl sites for hydroxylation is 1. The zero-order valence-corrected chi connectivity index (χ0v) is 8.09. The van der Waals surface area contributed by atoms with E-state index in [1.54, 1.807) is 0 Å². The third-order valence-electron chi connectivity index (χ3n) is 1.85. The summed E-state index contributed by atoms with van der Waals surface area (Å²) in [5.41, 5.74) is 1.30. The number of hydrogen-bond donors (Lipinski definition) is 1. The van der Waals surface area contributed by atoms with Gasteiger partial charge >= 0.3 is 0 Å². The summed E-state index contributed by atoms with van der Waals surface area (Å²) in [7, 11) is 0. The summed E-state index contributed by atoms with van der Waals surface area (Å²) in [5, 5.41) is 3.16. The molecule has 0 bridgehead atoms. The predicted molar refractivity (Wildman–Crippen MR) is 55.3 cm³/mol. The highest BCUT2D eigenvalue weighted by Crippen LogP contribution is 2.01. The average Bonchev–Trinajstić information content (AvgIpc) is 2.54. The molecule has 1 heterocycles. The van der Waals surface area contributed by atoms with E-state index in [4.69, 9.17) is 6.42 Å². The number of terminal acetylenes is 1. The Bertz CT molecular complexity index is 281. The Labute approximate surface area is 80.0 Å². The molecule has 70 valence electrons. The normalized spacial score (nSPS) is 9.85. The molecule has 0 saturated carbocycles. The largest absolute Gasteiger partial charge is 0.354 e. The molecule has 2 heteroatoms. The molecule has 1 N–H and O–H groups in total.